The molecule has 0 amide bonds. The molecular formula is C15H18N4. The van der Waals surface area contributed by atoms with Crippen LogP contribution in [-0.4, -0.2) is 14.9 Å². The molecule has 1 aromatic carbocycles. The Kier molecular flexibility index (Phi) is 3.27. The Morgan fingerprint density at radius 1 is 1.16 bits per heavy atom. The van der Waals surface area contributed by atoms with Crippen LogP contribution in [0.25, 0.3) is 0 Å². The van der Waals surface area contributed by atoms with E-state index in [1.165, 1.54) is 11.1 Å². The van der Waals surface area contributed by atoms with Gasteiger partial charge in [0.05, 0.1) is 11.4 Å². The van der Waals surface area contributed by atoms with E-state index < -0.39 is 0 Å². The van der Waals surface area contributed by atoms with Gasteiger partial charge in [0.1, 0.15) is 5.82 Å². The molecular weight excluding hydrogens is 236 g/mol. The third kappa shape index (κ3) is 2.50. The number of nitrogens with zero attached hydrogens (tertiary/aromatic N) is 3. The van der Waals surface area contributed by atoms with Gasteiger partial charge in [0.25, 0.3) is 0 Å². The molecule has 3 rings (SSSR count). The number of aryl methyl sites for hydroxylation is 1. The predicted octanol–water partition coefficient (Wildman–Crippen LogP) is 1.76. The van der Waals surface area contributed by atoms with E-state index in [0.717, 1.165) is 36.8 Å². The lowest BCUT2D eigenvalue weighted by Gasteiger charge is -2.14. The molecule has 1 aliphatic rings. The van der Waals surface area contributed by atoms with Gasteiger partial charge >= 0.3 is 0 Å². The zero-order valence-electron chi connectivity index (χ0n) is 11.1. The fourth-order valence-corrected chi connectivity index (χ4v) is 2.64. The molecule has 0 radical (unpaired) electrons. The Morgan fingerprint density at radius 2 is 1.95 bits per heavy atom. The van der Waals surface area contributed by atoms with Gasteiger partial charge in [-0.15, -0.1) is 0 Å². The van der Waals surface area contributed by atoms with E-state index in [1.807, 2.05) is 13.0 Å². The first kappa shape index (κ1) is 12.3. The molecule has 0 unspecified atom stereocenters. The first-order chi connectivity index (χ1) is 9.26. The van der Waals surface area contributed by atoms with Gasteiger partial charge in [-0.2, -0.15) is 0 Å². The SMILES string of the molecule is Cc1nc(CN)c2c(n1)CN(Cc1ccccc1)C2. The number of benzene rings is 1. The fourth-order valence-electron chi connectivity index (χ4n) is 2.64. The topological polar surface area (TPSA) is 55.0 Å². The zero-order chi connectivity index (χ0) is 13.2. The van der Waals surface area contributed by atoms with E-state index in [1.54, 1.807) is 0 Å². The summed E-state index contributed by atoms with van der Waals surface area (Å²) in [6.07, 6.45) is 0. The lowest BCUT2D eigenvalue weighted by atomic mass is 10.2. The van der Waals surface area contributed by atoms with Crippen molar-refractivity contribution in [3.63, 3.8) is 0 Å². The van der Waals surface area contributed by atoms with Crippen molar-refractivity contribution in [2.45, 2.75) is 33.1 Å². The van der Waals surface area contributed by atoms with Gasteiger partial charge in [-0.1, -0.05) is 30.3 Å². The van der Waals surface area contributed by atoms with Crippen LogP contribution in [-0.2, 0) is 26.2 Å². The second-order valence-corrected chi connectivity index (χ2v) is 4.98. The highest BCUT2D eigenvalue weighted by molar-refractivity contribution is 5.30. The minimum atomic E-state index is 0.491. The Morgan fingerprint density at radius 3 is 2.68 bits per heavy atom. The van der Waals surface area contributed by atoms with E-state index >= 15 is 0 Å². The van der Waals surface area contributed by atoms with E-state index in [2.05, 4.69) is 39.1 Å². The summed E-state index contributed by atoms with van der Waals surface area (Å²) in [5.74, 6) is 0.820. The van der Waals surface area contributed by atoms with Crippen molar-refractivity contribution in [2.24, 2.45) is 5.73 Å². The Labute approximate surface area is 113 Å². The molecule has 98 valence electrons. The van der Waals surface area contributed by atoms with Crippen molar-refractivity contribution in [3.05, 3.63) is 58.7 Å². The average Bonchev–Trinajstić information content (AvgIpc) is 2.81. The molecule has 2 heterocycles. The van der Waals surface area contributed by atoms with Crippen molar-refractivity contribution < 1.29 is 0 Å². The summed E-state index contributed by atoms with van der Waals surface area (Å²) in [5, 5.41) is 0. The van der Waals surface area contributed by atoms with Crippen LogP contribution < -0.4 is 5.73 Å². The van der Waals surface area contributed by atoms with Crippen molar-refractivity contribution in [3.8, 4) is 0 Å². The van der Waals surface area contributed by atoms with Crippen LogP contribution >= 0.6 is 0 Å². The molecule has 19 heavy (non-hydrogen) atoms. The monoisotopic (exact) mass is 254 g/mol. The third-order valence-electron chi connectivity index (χ3n) is 3.49. The van der Waals surface area contributed by atoms with Crippen LogP contribution in [0.2, 0.25) is 0 Å². The molecule has 0 saturated carbocycles. The van der Waals surface area contributed by atoms with Gasteiger partial charge in [0, 0.05) is 31.7 Å². The van der Waals surface area contributed by atoms with Gasteiger partial charge in [-0.3, -0.25) is 4.90 Å². The van der Waals surface area contributed by atoms with Crippen molar-refractivity contribution in [2.75, 3.05) is 0 Å². The van der Waals surface area contributed by atoms with E-state index in [9.17, 15) is 0 Å². The first-order valence-electron chi connectivity index (χ1n) is 6.58. The number of fused-ring (bicyclic) bond motifs is 1. The summed E-state index contributed by atoms with van der Waals surface area (Å²) in [6.45, 7) is 5.15. The number of aromatic nitrogens is 2. The normalized spacial score (nSPS) is 14.6. The minimum absolute atomic E-state index is 0.491. The smallest absolute Gasteiger partial charge is 0.125 e. The number of nitrogens with two attached hydrogens (primary N) is 1. The van der Waals surface area contributed by atoms with Crippen LogP contribution in [0.3, 0.4) is 0 Å². The quantitative estimate of drug-likeness (QED) is 0.906. The summed E-state index contributed by atoms with van der Waals surface area (Å²) in [6, 6.07) is 10.5. The lowest BCUT2D eigenvalue weighted by molar-refractivity contribution is 0.273. The minimum Gasteiger partial charge on any atom is -0.325 e. The molecule has 4 nitrogen and oxygen atoms in total. The van der Waals surface area contributed by atoms with Crippen LogP contribution in [0.15, 0.2) is 30.3 Å². The molecule has 4 heteroatoms. The molecule has 0 atom stereocenters. The highest BCUT2D eigenvalue weighted by atomic mass is 15.2. The lowest BCUT2D eigenvalue weighted by Crippen LogP contribution is -2.16. The molecule has 2 N–H and O–H groups in total. The van der Waals surface area contributed by atoms with E-state index in [0.29, 0.717) is 6.54 Å². The molecule has 0 saturated heterocycles. The van der Waals surface area contributed by atoms with Gasteiger partial charge in [-0.25, -0.2) is 9.97 Å². The third-order valence-corrected chi connectivity index (χ3v) is 3.49. The molecule has 2 aromatic rings. The molecule has 0 fully saturated rings. The summed E-state index contributed by atoms with van der Waals surface area (Å²) in [7, 11) is 0. The van der Waals surface area contributed by atoms with Gasteiger partial charge in [0.2, 0.25) is 0 Å². The Hall–Kier alpha value is -1.78. The summed E-state index contributed by atoms with van der Waals surface area (Å²) >= 11 is 0. The second kappa shape index (κ2) is 5.07. The fraction of sp³-hybridized carbons (Fsp3) is 0.333. The van der Waals surface area contributed by atoms with Crippen LogP contribution in [0.4, 0.5) is 0 Å². The number of rotatable bonds is 3. The van der Waals surface area contributed by atoms with Crippen molar-refractivity contribution >= 4 is 0 Å². The molecule has 1 aromatic heterocycles. The molecule has 0 bridgehead atoms. The van der Waals surface area contributed by atoms with Crippen LogP contribution in [0.5, 0.6) is 0 Å². The maximum Gasteiger partial charge on any atom is 0.125 e. The van der Waals surface area contributed by atoms with Crippen molar-refractivity contribution in [1.82, 2.24) is 14.9 Å². The van der Waals surface area contributed by atoms with E-state index in [-0.39, 0.29) is 0 Å². The van der Waals surface area contributed by atoms with Gasteiger partial charge in [0.15, 0.2) is 0 Å². The molecule has 1 aliphatic heterocycles. The predicted molar refractivity (Wildman–Crippen MR) is 74.1 cm³/mol. The summed E-state index contributed by atoms with van der Waals surface area (Å²) < 4.78 is 0. The largest absolute Gasteiger partial charge is 0.325 e. The van der Waals surface area contributed by atoms with Gasteiger partial charge < -0.3 is 5.73 Å². The highest BCUT2D eigenvalue weighted by Gasteiger charge is 2.23. The Balaban J connectivity index is 1.81. The highest BCUT2D eigenvalue weighted by Crippen LogP contribution is 2.25. The second-order valence-electron chi connectivity index (χ2n) is 4.98. The summed E-state index contributed by atoms with van der Waals surface area (Å²) in [5.41, 5.74) is 10.5. The zero-order valence-corrected chi connectivity index (χ0v) is 11.1. The molecule has 0 aliphatic carbocycles. The number of hydrogen-bond acceptors (Lipinski definition) is 4. The number of hydrogen-bond donors (Lipinski definition) is 1. The van der Waals surface area contributed by atoms with Gasteiger partial charge in [-0.05, 0) is 12.5 Å². The maximum atomic E-state index is 5.78. The van der Waals surface area contributed by atoms with Crippen LogP contribution in [0.1, 0.15) is 28.3 Å². The van der Waals surface area contributed by atoms with E-state index in [4.69, 9.17) is 5.73 Å². The first-order valence-corrected chi connectivity index (χ1v) is 6.58. The standard InChI is InChI=1S/C15H18N4/c1-11-17-14(7-16)13-9-19(10-15(13)18-11)8-12-5-3-2-4-6-12/h2-6H,7-10,16H2,1H3. The Bertz CT molecular complexity index is 580. The summed E-state index contributed by atoms with van der Waals surface area (Å²) in [4.78, 5) is 11.4. The maximum absolute atomic E-state index is 5.78. The average molecular weight is 254 g/mol. The van der Waals surface area contributed by atoms with Crippen LogP contribution in [0, 0.1) is 6.92 Å². The van der Waals surface area contributed by atoms with Crippen molar-refractivity contribution in [1.29, 1.82) is 0 Å². The molecule has 0 spiro atoms.